The highest BCUT2D eigenvalue weighted by atomic mass is 16.5. The van der Waals surface area contributed by atoms with Gasteiger partial charge in [-0.15, -0.1) is 0 Å². The quantitative estimate of drug-likeness (QED) is 0.195. The van der Waals surface area contributed by atoms with Crippen molar-refractivity contribution in [1.29, 1.82) is 0 Å². The van der Waals surface area contributed by atoms with Crippen molar-refractivity contribution < 1.29 is 33.4 Å². The van der Waals surface area contributed by atoms with Gasteiger partial charge in [0, 0.05) is 6.54 Å². The van der Waals surface area contributed by atoms with Gasteiger partial charge in [-0.25, -0.2) is 14.6 Å². The lowest BCUT2D eigenvalue weighted by Gasteiger charge is -2.28. The van der Waals surface area contributed by atoms with Gasteiger partial charge in [-0.3, -0.25) is 19.8 Å². The fraction of sp³-hybridized carbons (Fsp3) is 0.607. The molecule has 0 fully saturated rings. The zero-order valence-corrected chi connectivity index (χ0v) is 24.1. The first-order valence-electron chi connectivity index (χ1n) is 13.4. The molecule has 0 bridgehead atoms. The zero-order chi connectivity index (χ0) is 29.5. The third kappa shape index (κ3) is 13.1. The molecule has 3 N–H and O–H groups in total. The van der Waals surface area contributed by atoms with E-state index >= 15 is 0 Å². The second-order valence-electron chi connectivity index (χ2n) is 10.6. The minimum Gasteiger partial charge on any atom is -0.459 e. The molecule has 0 spiro atoms. The monoisotopic (exact) mass is 548 g/mol. The molecule has 0 aliphatic heterocycles. The molecule has 0 aliphatic carbocycles. The van der Waals surface area contributed by atoms with Gasteiger partial charge < -0.3 is 20.1 Å². The summed E-state index contributed by atoms with van der Waals surface area (Å²) in [5.74, 6) is -3.32. The number of carbonyl (C=O) groups excluding carboxylic acids is 5. The van der Waals surface area contributed by atoms with E-state index < -0.39 is 41.9 Å². The number of carbonyl (C=O) groups is 5. The maximum absolute atomic E-state index is 13.3. The van der Waals surface area contributed by atoms with Gasteiger partial charge in [0.2, 0.25) is 5.91 Å². The van der Waals surface area contributed by atoms with Crippen LogP contribution in [0.3, 0.4) is 0 Å². The van der Waals surface area contributed by atoms with Crippen LogP contribution in [0.2, 0.25) is 0 Å². The van der Waals surface area contributed by atoms with Gasteiger partial charge >= 0.3 is 18.0 Å². The molecule has 1 rings (SSSR count). The Labute approximate surface area is 231 Å². The SMILES string of the molecule is CCOC(=O)C(=O)N(CC(C)C)NC(=O)C(CC(C)C)NC(=O)C(CC(C)C)NC(=O)OCc1ccccc1. The number of benzene rings is 1. The van der Waals surface area contributed by atoms with Gasteiger partial charge in [-0.2, -0.15) is 0 Å². The number of alkyl carbamates (subject to hydrolysis) is 1. The van der Waals surface area contributed by atoms with Crippen LogP contribution >= 0.6 is 0 Å². The Bertz CT molecular complexity index is 950. The summed E-state index contributed by atoms with van der Waals surface area (Å²) >= 11 is 0. The first-order valence-corrected chi connectivity index (χ1v) is 13.4. The Balaban J connectivity index is 2.99. The van der Waals surface area contributed by atoms with E-state index in [2.05, 4.69) is 16.1 Å². The summed E-state index contributed by atoms with van der Waals surface area (Å²) in [5, 5.41) is 6.22. The summed E-state index contributed by atoms with van der Waals surface area (Å²) in [6, 6.07) is 7.15. The van der Waals surface area contributed by atoms with E-state index in [-0.39, 0.29) is 43.9 Å². The van der Waals surface area contributed by atoms with Crippen molar-refractivity contribution in [1.82, 2.24) is 21.1 Å². The Hall–Kier alpha value is -3.63. The molecule has 218 valence electrons. The molecule has 0 saturated carbocycles. The van der Waals surface area contributed by atoms with Crippen LogP contribution in [0.25, 0.3) is 0 Å². The molecule has 4 amide bonds. The molecule has 0 heterocycles. The molecule has 0 saturated heterocycles. The summed E-state index contributed by atoms with van der Waals surface area (Å²) in [5.41, 5.74) is 3.27. The van der Waals surface area contributed by atoms with Gasteiger partial charge in [0.25, 0.3) is 5.91 Å². The van der Waals surface area contributed by atoms with Crippen molar-refractivity contribution in [2.45, 2.75) is 80.0 Å². The molecule has 1 aromatic rings. The summed E-state index contributed by atoms with van der Waals surface area (Å²) in [6.07, 6.45) is -0.191. The summed E-state index contributed by atoms with van der Waals surface area (Å²) in [4.78, 5) is 63.6. The summed E-state index contributed by atoms with van der Waals surface area (Å²) < 4.78 is 10.1. The number of amides is 4. The minimum absolute atomic E-state index is 0.00713. The van der Waals surface area contributed by atoms with Gasteiger partial charge in [0.05, 0.1) is 6.61 Å². The average Bonchev–Trinajstić information content (AvgIpc) is 2.85. The smallest absolute Gasteiger partial charge is 0.408 e. The van der Waals surface area contributed by atoms with Gasteiger partial charge in [-0.1, -0.05) is 71.9 Å². The molecular weight excluding hydrogens is 504 g/mol. The third-order valence-corrected chi connectivity index (χ3v) is 5.36. The van der Waals surface area contributed by atoms with Crippen molar-refractivity contribution >= 4 is 29.8 Å². The van der Waals surface area contributed by atoms with Crippen LogP contribution < -0.4 is 16.1 Å². The van der Waals surface area contributed by atoms with E-state index in [9.17, 15) is 24.0 Å². The van der Waals surface area contributed by atoms with Crippen molar-refractivity contribution in [3.8, 4) is 0 Å². The molecule has 0 radical (unpaired) electrons. The number of rotatable bonds is 13. The average molecular weight is 549 g/mol. The predicted octanol–water partition coefficient (Wildman–Crippen LogP) is 2.94. The first kappa shape index (κ1) is 33.4. The molecule has 0 aromatic heterocycles. The van der Waals surface area contributed by atoms with Gasteiger partial charge in [-0.05, 0) is 43.1 Å². The van der Waals surface area contributed by atoms with Crippen LogP contribution in [0.4, 0.5) is 4.79 Å². The van der Waals surface area contributed by atoms with E-state index in [4.69, 9.17) is 9.47 Å². The molecule has 39 heavy (non-hydrogen) atoms. The Morgan fingerprint density at radius 2 is 1.33 bits per heavy atom. The van der Waals surface area contributed by atoms with Crippen molar-refractivity contribution in [2.24, 2.45) is 17.8 Å². The second kappa shape index (κ2) is 17.1. The molecule has 11 nitrogen and oxygen atoms in total. The van der Waals surface area contributed by atoms with Crippen LogP contribution in [0.15, 0.2) is 30.3 Å². The van der Waals surface area contributed by atoms with E-state index in [1.807, 2.05) is 71.9 Å². The van der Waals surface area contributed by atoms with Crippen LogP contribution in [0.5, 0.6) is 0 Å². The summed E-state index contributed by atoms with van der Waals surface area (Å²) in [7, 11) is 0. The van der Waals surface area contributed by atoms with Gasteiger partial charge in [0.15, 0.2) is 0 Å². The highest BCUT2D eigenvalue weighted by Crippen LogP contribution is 2.10. The van der Waals surface area contributed by atoms with E-state index in [0.717, 1.165) is 10.6 Å². The largest absolute Gasteiger partial charge is 0.459 e. The highest BCUT2D eigenvalue weighted by Gasteiger charge is 2.31. The predicted molar refractivity (Wildman–Crippen MR) is 146 cm³/mol. The molecule has 11 heteroatoms. The molecule has 2 atom stereocenters. The number of ether oxygens (including phenoxy) is 2. The lowest BCUT2D eigenvalue weighted by atomic mass is 10.0. The topological polar surface area (TPSA) is 143 Å². The lowest BCUT2D eigenvalue weighted by molar-refractivity contribution is -0.163. The molecule has 1 aromatic carbocycles. The number of hydrazine groups is 1. The second-order valence-corrected chi connectivity index (χ2v) is 10.6. The van der Waals surface area contributed by atoms with Crippen LogP contribution in [0.1, 0.15) is 66.9 Å². The van der Waals surface area contributed by atoms with Gasteiger partial charge in [0.1, 0.15) is 18.7 Å². The zero-order valence-electron chi connectivity index (χ0n) is 24.1. The number of hydrogen-bond donors (Lipinski definition) is 3. The Kier molecular flexibility index (Phi) is 14.6. The fourth-order valence-electron chi connectivity index (χ4n) is 3.64. The minimum atomic E-state index is -1.09. The molecule has 0 aliphatic rings. The fourth-order valence-corrected chi connectivity index (χ4v) is 3.64. The third-order valence-electron chi connectivity index (χ3n) is 5.36. The lowest BCUT2D eigenvalue weighted by Crippen LogP contribution is -2.58. The highest BCUT2D eigenvalue weighted by molar-refractivity contribution is 6.32. The van der Waals surface area contributed by atoms with E-state index in [0.29, 0.717) is 6.42 Å². The Morgan fingerprint density at radius 3 is 1.85 bits per heavy atom. The molecule has 2 unspecified atom stereocenters. The molecular formula is C28H44N4O7. The normalized spacial score (nSPS) is 12.5. The first-order chi connectivity index (χ1) is 18.3. The summed E-state index contributed by atoms with van der Waals surface area (Å²) in [6.45, 7) is 12.9. The maximum Gasteiger partial charge on any atom is 0.408 e. The number of nitrogens with one attached hydrogen (secondary N) is 3. The number of nitrogens with zero attached hydrogens (tertiary/aromatic N) is 1. The van der Waals surface area contributed by atoms with Crippen LogP contribution in [-0.2, 0) is 35.3 Å². The number of esters is 1. The van der Waals surface area contributed by atoms with Crippen molar-refractivity contribution in [3.05, 3.63) is 35.9 Å². The maximum atomic E-state index is 13.3. The van der Waals surface area contributed by atoms with E-state index in [1.165, 1.54) is 0 Å². The standard InChI is InChI=1S/C28H44N4O7/c1-8-38-27(36)26(35)32(16-20(6)7)31-25(34)23(15-19(4)5)29-24(33)22(14-18(2)3)30-28(37)39-17-21-12-10-9-11-13-21/h9-13,18-20,22-23H,8,14-17H2,1-7H3,(H,29,33)(H,30,37)(H,31,34). The van der Waals surface area contributed by atoms with Crippen molar-refractivity contribution in [3.63, 3.8) is 0 Å². The van der Waals surface area contributed by atoms with E-state index in [1.54, 1.807) is 6.92 Å². The number of hydrogen-bond acceptors (Lipinski definition) is 7. The van der Waals surface area contributed by atoms with Crippen molar-refractivity contribution in [2.75, 3.05) is 13.2 Å². The Morgan fingerprint density at radius 1 is 0.769 bits per heavy atom. The van der Waals surface area contributed by atoms with Crippen LogP contribution in [-0.4, -0.2) is 60.0 Å². The van der Waals surface area contributed by atoms with Crippen LogP contribution in [0, 0.1) is 17.8 Å².